The molecule has 1 aromatic heterocycles. The van der Waals surface area contributed by atoms with Crippen LogP contribution in [0.15, 0.2) is 22.8 Å². The Bertz CT molecular complexity index is 573. The summed E-state index contributed by atoms with van der Waals surface area (Å²) in [4.78, 5) is 4.13. The lowest BCUT2D eigenvalue weighted by Crippen LogP contribution is -2.15. The normalized spacial score (nSPS) is 14.1. The third-order valence-corrected chi connectivity index (χ3v) is 3.02. The van der Waals surface area contributed by atoms with E-state index in [9.17, 15) is 4.39 Å². The summed E-state index contributed by atoms with van der Waals surface area (Å²) in [5.74, 6) is 0.908. The van der Waals surface area contributed by atoms with Crippen LogP contribution in [0.3, 0.4) is 0 Å². The Hall–Kier alpha value is -1.36. The summed E-state index contributed by atoms with van der Waals surface area (Å²) in [7, 11) is 0. The minimum Gasteiger partial charge on any atom is -0.485 e. The van der Waals surface area contributed by atoms with Gasteiger partial charge in [0.2, 0.25) is 0 Å². The number of benzene rings is 1. The zero-order chi connectivity index (χ0) is 11.1. The number of hydrogen-bond acceptors (Lipinski definition) is 3. The van der Waals surface area contributed by atoms with Gasteiger partial charge < -0.3 is 9.47 Å². The van der Waals surface area contributed by atoms with Gasteiger partial charge in [-0.15, -0.1) is 0 Å². The van der Waals surface area contributed by atoms with Crippen LogP contribution in [0.5, 0.6) is 11.5 Å². The lowest BCUT2D eigenvalue weighted by molar-refractivity contribution is 0.173. The van der Waals surface area contributed by atoms with Crippen LogP contribution in [0, 0.1) is 5.82 Å². The van der Waals surface area contributed by atoms with Gasteiger partial charge in [0.25, 0.3) is 0 Å². The summed E-state index contributed by atoms with van der Waals surface area (Å²) in [6, 6.07) is 3.03. The fraction of sp³-hybridized carbons (Fsp3) is 0.182. The highest BCUT2D eigenvalue weighted by molar-refractivity contribution is 9.10. The number of aromatic nitrogens is 1. The van der Waals surface area contributed by atoms with Gasteiger partial charge in [0.15, 0.2) is 11.5 Å². The molecule has 0 bridgehead atoms. The predicted molar refractivity (Wildman–Crippen MR) is 60.4 cm³/mol. The van der Waals surface area contributed by atoms with Gasteiger partial charge in [-0.2, -0.15) is 0 Å². The van der Waals surface area contributed by atoms with Gasteiger partial charge >= 0.3 is 0 Å². The number of halogens is 2. The Balaban J connectivity index is 2.34. The number of rotatable bonds is 0. The average Bonchev–Trinajstić information content (AvgIpc) is 2.31. The molecule has 0 saturated carbocycles. The van der Waals surface area contributed by atoms with E-state index >= 15 is 0 Å². The number of ether oxygens (including phenoxy) is 2. The average molecular weight is 284 g/mol. The van der Waals surface area contributed by atoms with Gasteiger partial charge in [-0.1, -0.05) is 0 Å². The molecule has 0 unspecified atom stereocenters. The number of pyridine rings is 1. The molecule has 1 aliphatic rings. The molecule has 1 aliphatic heterocycles. The zero-order valence-corrected chi connectivity index (χ0v) is 9.75. The van der Waals surface area contributed by atoms with E-state index in [1.165, 1.54) is 6.07 Å². The monoisotopic (exact) mass is 283 g/mol. The first-order chi connectivity index (χ1) is 7.75. The molecule has 0 radical (unpaired) electrons. The third kappa shape index (κ3) is 1.43. The van der Waals surface area contributed by atoms with Gasteiger partial charge in [-0.3, -0.25) is 4.98 Å². The van der Waals surface area contributed by atoms with Crippen LogP contribution >= 0.6 is 15.9 Å². The molecule has 0 N–H and O–H groups in total. The Labute approximate surface area is 99.3 Å². The van der Waals surface area contributed by atoms with Crippen molar-refractivity contribution in [2.45, 2.75) is 0 Å². The van der Waals surface area contributed by atoms with Crippen molar-refractivity contribution in [3.63, 3.8) is 0 Å². The number of hydrogen-bond donors (Lipinski definition) is 0. The van der Waals surface area contributed by atoms with Crippen molar-refractivity contribution >= 4 is 26.8 Å². The molecule has 0 fully saturated rings. The van der Waals surface area contributed by atoms with Crippen molar-refractivity contribution in [1.29, 1.82) is 0 Å². The lowest BCUT2D eigenvalue weighted by Gasteiger charge is -2.19. The summed E-state index contributed by atoms with van der Waals surface area (Å²) >= 11 is 3.15. The molecule has 1 aromatic carbocycles. The van der Waals surface area contributed by atoms with E-state index < -0.39 is 0 Å². The van der Waals surface area contributed by atoms with Crippen LogP contribution in [0.2, 0.25) is 0 Å². The minimum absolute atomic E-state index is 0.336. The van der Waals surface area contributed by atoms with Gasteiger partial charge in [-0.05, 0) is 22.0 Å². The molecule has 5 heteroatoms. The Morgan fingerprint density at radius 3 is 2.94 bits per heavy atom. The molecule has 16 heavy (non-hydrogen) atoms. The van der Waals surface area contributed by atoms with Gasteiger partial charge in [0, 0.05) is 11.5 Å². The highest BCUT2D eigenvalue weighted by atomic mass is 79.9. The smallest absolute Gasteiger partial charge is 0.180 e. The van der Waals surface area contributed by atoms with E-state index in [0.717, 1.165) is 5.39 Å². The first-order valence-electron chi connectivity index (χ1n) is 4.79. The van der Waals surface area contributed by atoms with Crippen molar-refractivity contribution in [3.8, 4) is 11.5 Å². The first-order valence-corrected chi connectivity index (χ1v) is 5.58. The zero-order valence-electron chi connectivity index (χ0n) is 8.17. The molecule has 3 nitrogen and oxygen atoms in total. The highest BCUT2D eigenvalue weighted by Gasteiger charge is 2.17. The first kappa shape index (κ1) is 9.84. The predicted octanol–water partition coefficient (Wildman–Crippen LogP) is 2.91. The molecule has 3 rings (SSSR count). The maximum atomic E-state index is 13.3. The summed E-state index contributed by atoms with van der Waals surface area (Å²) < 4.78 is 24.6. The van der Waals surface area contributed by atoms with E-state index in [-0.39, 0.29) is 5.82 Å². The van der Waals surface area contributed by atoms with Gasteiger partial charge in [0.1, 0.15) is 19.0 Å². The topological polar surface area (TPSA) is 31.4 Å². The molecule has 0 aliphatic carbocycles. The van der Waals surface area contributed by atoms with Crippen LogP contribution in [-0.4, -0.2) is 18.2 Å². The minimum atomic E-state index is -0.336. The van der Waals surface area contributed by atoms with E-state index in [2.05, 4.69) is 20.9 Å². The Kier molecular flexibility index (Phi) is 2.21. The largest absolute Gasteiger partial charge is 0.485 e. The molecule has 0 amide bonds. The van der Waals surface area contributed by atoms with Crippen LogP contribution in [0.4, 0.5) is 4.39 Å². The van der Waals surface area contributed by atoms with Crippen LogP contribution < -0.4 is 9.47 Å². The second kappa shape index (κ2) is 3.59. The van der Waals surface area contributed by atoms with E-state index in [4.69, 9.17) is 9.47 Å². The lowest BCUT2D eigenvalue weighted by atomic mass is 10.2. The summed E-state index contributed by atoms with van der Waals surface area (Å²) in [5, 5.41) is 0.755. The molecule has 0 spiro atoms. The van der Waals surface area contributed by atoms with Gasteiger partial charge in [0.05, 0.1) is 16.2 Å². The second-order valence-electron chi connectivity index (χ2n) is 3.43. The molecule has 0 saturated heterocycles. The SMILES string of the molecule is Fc1cc2ncc3c(c2cc1Br)OCCO3. The summed E-state index contributed by atoms with van der Waals surface area (Å²) in [6.07, 6.45) is 1.56. The Morgan fingerprint density at radius 2 is 2.06 bits per heavy atom. The maximum Gasteiger partial charge on any atom is 0.180 e. The van der Waals surface area contributed by atoms with Crippen molar-refractivity contribution in [2.24, 2.45) is 0 Å². The second-order valence-corrected chi connectivity index (χ2v) is 4.29. The van der Waals surface area contributed by atoms with Crippen LogP contribution in [0.1, 0.15) is 0 Å². The van der Waals surface area contributed by atoms with Crippen LogP contribution in [0.25, 0.3) is 10.9 Å². The van der Waals surface area contributed by atoms with Crippen LogP contribution in [-0.2, 0) is 0 Å². The summed E-state index contributed by atoms with van der Waals surface area (Å²) in [6.45, 7) is 1.02. The number of nitrogens with zero attached hydrogens (tertiary/aromatic N) is 1. The van der Waals surface area contributed by atoms with Crippen molar-refractivity contribution in [1.82, 2.24) is 4.98 Å². The molecular weight excluding hydrogens is 277 g/mol. The fourth-order valence-electron chi connectivity index (χ4n) is 1.69. The fourth-order valence-corrected chi connectivity index (χ4v) is 2.03. The van der Waals surface area contributed by atoms with E-state index in [0.29, 0.717) is 34.7 Å². The Morgan fingerprint density at radius 1 is 1.25 bits per heavy atom. The highest BCUT2D eigenvalue weighted by Crippen LogP contribution is 2.37. The maximum absolute atomic E-state index is 13.3. The molecule has 82 valence electrons. The molecule has 2 aromatic rings. The number of fused-ring (bicyclic) bond motifs is 3. The van der Waals surface area contributed by atoms with Crippen molar-refractivity contribution in [2.75, 3.05) is 13.2 Å². The third-order valence-electron chi connectivity index (χ3n) is 2.42. The molecule has 0 atom stereocenters. The van der Waals surface area contributed by atoms with E-state index in [1.807, 2.05) is 0 Å². The van der Waals surface area contributed by atoms with E-state index in [1.54, 1.807) is 12.3 Å². The van der Waals surface area contributed by atoms with Crippen molar-refractivity contribution < 1.29 is 13.9 Å². The quantitative estimate of drug-likeness (QED) is 0.745. The molecule has 2 heterocycles. The standard InChI is InChI=1S/C11H7BrFNO2/c12-7-3-6-9(4-8(7)13)14-5-10-11(6)16-2-1-15-10/h3-5H,1-2H2. The summed E-state index contributed by atoms with van der Waals surface area (Å²) in [5.41, 5.74) is 0.560. The molecular formula is C11H7BrFNO2. The van der Waals surface area contributed by atoms with Gasteiger partial charge in [-0.25, -0.2) is 4.39 Å². The van der Waals surface area contributed by atoms with Crippen molar-refractivity contribution in [3.05, 3.63) is 28.6 Å².